The van der Waals surface area contributed by atoms with Crippen LogP contribution in [0.5, 0.6) is 0 Å². The van der Waals surface area contributed by atoms with Gasteiger partial charge < -0.3 is 10.6 Å². The molecule has 0 unspecified atom stereocenters. The lowest BCUT2D eigenvalue weighted by Crippen LogP contribution is -2.46. The molecule has 1 atom stereocenters. The molecular formula is C20H18N2O2S. The number of nitrogens with one attached hydrogen (secondary N) is 2. The van der Waals surface area contributed by atoms with Crippen LogP contribution in [-0.4, -0.2) is 17.9 Å². The Bertz CT molecular complexity index is 843. The smallest absolute Gasteiger partial charge is 0.263 e. The summed E-state index contributed by atoms with van der Waals surface area (Å²) in [5.41, 5.74) is 2.43. The van der Waals surface area contributed by atoms with E-state index < -0.39 is 6.17 Å². The van der Waals surface area contributed by atoms with Crippen LogP contribution in [0.2, 0.25) is 0 Å². The lowest BCUT2D eigenvalue weighted by molar-refractivity contribution is 0.0872. The molecule has 1 amide bonds. The number of amides is 1. The highest BCUT2D eigenvalue weighted by molar-refractivity contribution is 7.12. The van der Waals surface area contributed by atoms with Gasteiger partial charge in [-0.3, -0.25) is 9.59 Å². The number of hydrogen-bond donors (Lipinski definition) is 2. The Morgan fingerprint density at radius 1 is 0.920 bits per heavy atom. The van der Waals surface area contributed by atoms with Gasteiger partial charge >= 0.3 is 0 Å². The average Bonchev–Trinajstić information content (AvgIpc) is 3.18. The van der Waals surface area contributed by atoms with Gasteiger partial charge in [-0.15, -0.1) is 11.3 Å². The summed E-state index contributed by atoms with van der Waals surface area (Å²) in [6, 6.07) is 20.2. The first-order valence-electron chi connectivity index (χ1n) is 7.90. The molecule has 3 aromatic rings. The molecule has 3 rings (SSSR count). The Balaban J connectivity index is 1.83. The van der Waals surface area contributed by atoms with Crippen LogP contribution in [0.3, 0.4) is 0 Å². The molecule has 0 spiro atoms. The van der Waals surface area contributed by atoms with Crippen LogP contribution >= 0.6 is 11.3 Å². The first-order chi connectivity index (χ1) is 12.1. The number of aryl methyl sites for hydroxylation is 1. The lowest BCUT2D eigenvalue weighted by Gasteiger charge is -2.20. The van der Waals surface area contributed by atoms with E-state index in [0.717, 1.165) is 11.3 Å². The standard InChI is InChI=1S/C20H18N2O2S/c1-14-9-11-16(12-10-14)21-19(18(23)15-6-3-2-4-7-15)22-20(24)17-8-5-13-25-17/h2-13,19,21H,1H3,(H,22,24)/t19-/m1/s1. The number of carbonyl (C=O) groups excluding carboxylic acids is 2. The second-order valence-electron chi connectivity index (χ2n) is 5.62. The fourth-order valence-corrected chi connectivity index (χ4v) is 2.99. The number of thiophene rings is 1. The minimum atomic E-state index is -0.847. The summed E-state index contributed by atoms with van der Waals surface area (Å²) < 4.78 is 0. The van der Waals surface area contributed by atoms with Crippen molar-refractivity contribution in [3.8, 4) is 0 Å². The number of ketones is 1. The Kier molecular flexibility index (Phi) is 5.26. The second kappa shape index (κ2) is 7.77. The molecule has 0 saturated carbocycles. The molecule has 25 heavy (non-hydrogen) atoms. The molecule has 5 heteroatoms. The molecule has 0 fully saturated rings. The van der Waals surface area contributed by atoms with Crippen LogP contribution in [-0.2, 0) is 0 Å². The summed E-state index contributed by atoms with van der Waals surface area (Å²) in [6.07, 6.45) is -0.847. The summed E-state index contributed by atoms with van der Waals surface area (Å²) in [6.45, 7) is 1.99. The number of carbonyl (C=O) groups is 2. The minimum absolute atomic E-state index is 0.189. The van der Waals surface area contributed by atoms with E-state index in [-0.39, 0.29) is 11.7 Å². The molecule has 0 saturated heterocycles. The molecule has 4 nitrogen and oxygen atoms in total. The zero-order valence-electron chi connectivity index (χ0n) is 13.7. The predicted molar refractivity (Wildman–Crippen MR) is 101 cm³/mol. The maximum absolute atomic E-state index is 12.8. The summed E-state index contributed by atoms with van der Waals surface area (Å²) >= 11 is 1.34. The van der Waals surface area contributed by atoms with Crippen molar-refractivity contribution in [1.29, 1.82) is 0 Å². The van der Waals surface area contributed by atoms with Crippen molar-refractivity contribution >= 4 is 28.7 Å². The van der Waals surface area contributed by atoms with Crippen LogP contribution in [0.15, 0.2) is 72.1 Å². The average molecular weight is 350 g/mol. The van der Waals surface area contributed by atoms with Gasteiger partial charge in [0.15, 0.2) is 6.17 Å². The van der Waals surface area contributed by atoms with Gasteiger partial charge in [-0.05, 0) is 30.5 Å². The first-order valence-corrected chi connectivity index (χ1v) is 8.78. The van der Waals surface area contributed by atoms with Crippen LogP contribution < -0.4 is 10.6 Å². The molecule has 1 heterocycles. The van der Waals surface area contributed by atoms with Crippen molar-refractivity contribution in [3.63, 3.8) is 0 Å². The summed E-state index contributed by atoms with van der Waals surface area (Å²) in [5, 5.41) is 7.74. The normalized spacial score (nSPS) is 11.6. The van der Waals surface area contributed by atoms with Gasteiger partial charge in [0.25, 0.3) is 5.91 Å². The number of anilines is 1. The van der Waals surface area contributed by atoms with Crippen LogP contribution in [0.4, 0.5) is 5.69 Å². The van der Waals surface area contributed by atoms with Gasteiger partial charge in [0.05, 0.1) is 4.88 Å². The van der Waals surface area contributed by atoms with Gasteiger partial charge in [0.1, 0.15) is 0 Å². The highest BCUT2D eigenvalue weighted by atomic mass is 32.1. The maximum atomic E-state index is 12.8. The third kappa shape index (κ3) is 4.33. The predicted octanol–water partition coefficient (Wildman–Crippen LogP) is 4.11. The number of rotatable bonds is 6. The monoisotopic (exact) mass is 350 g/mol. The number of benzene rings is 2. The fourth-order valence-electron chi connectivity index (χ4n) is 2.36. The van der Waals surface area contributed by atoms with Crippen LogP contribution in [0.1, 0.15) is 25.6 Å². The summed E-state index contributed by atoms with van der Waals surface area (Å²) in [5.74, 6) is -0.463. The van der Waals surface area contributed by atoms with Gasteiger partial charge in [-0.1, -0.05) is 54.1 Å². The molecule has 2 N–H and O–H groups in total. The Morgan fingerprint density at radius 2 is 1.64 bits per heavy atom. The van der Waals surface area contributed by atoms with Crippen molar-refractivity contribution in [3.05, 3.63) is 88.1 Å². The first kappa shape index (κ1) is 16.9. The van der Waals surface area contributed by atoms with Crippen molar-refractivity contribution in [1.82, 2.24) is 5.32 Å². The molecule has 2 aromatic carbocycles. The largest absolute Gasteiger partial charge is 0.359 e. The Hall–Kier alpha value is -2.92. The van der Waals surface area contributed by atoms with E-state index in [1.165, 1.54) is 11.3 Å². The zero-order chi connectivity index (χ0) is 17.6. The van der Waals surface area contributed by atoms with E-state index in [0.29, 0.717) is 10.4 Å². The molecule has 0 aliphatic heterocycles. The summed E-state index contributed by atoms with van der Waals surface area (Å²) in [7, 11) is 0. The van der Waals surface area contributed by atoms with E-state index in [4.69, 9.17) is 0 Å². The molecule has 0 aliphatic rings. The Morgan fingerprint density at radius 3 is 2.28 bits per heavy atom. The fraction of sp³-hybridized carbons (Fsp3) is 0.100. The topological polar surface area (TPSA) is 58.2 Å². The van der Waals surface area contributed by atoms with E-state index in [1.807, 2.05) is 42.6 Å². The van der Waals surface area contributed by atoms with Gasteiger partial charge in [0.2, 0.25) is 5.78 Å². The SMILES string of the molecule is Cc1ccc(N[C@H](NC(=O)c2cccs2)C(=O)c2ccccc2)cc1. The number of hydrogen-bond acceptors (Lipinski definition) is 4. The molecule has 126 valence electrons. The third-order valence-electron chi connectivity index (χ3n) is 3.70. The van der Waals surface area contributed by atoms with Gasteiger partial charge in [-0.2, -0.15) is 0 Å². The number of Topliss-reactive ketones (excluding diaryl/α,β-unsaturated/α-hetero) is 1. The molecule has 0 radical (unpaired) electrons. The minimum Gasteiger partial charge on any atom is -0.359 e. The van der Waals surface area contributed by atoms with Crippen LogP contribution in [0, 0.1) is 6.92 Å². The van der Waals surface area contributed by atoms with E-state index in [9.17, 15) is 9.59 Å². The van der Waals surface area contributed by atoms with Crippen LogP contribution in [0.25, 0.3) is 0 Å². The van der Waals surface area contributed by atoms with E-state index >= 15 is 0 Å². The highest BCUT2D eigenvalue weighted by Gasteiger charge is 2.23. The second-order valence-corrected chi connectivity index (χ2v) is 6.57. The summed E-state index contributed by atoms with van der Waals surface area (Å²) in [4.78, 5) is 25.8. The van der Waals surface area contributed by atoms with Crippen molar-refractivity contribution < 1.29 is 9.59 Å². The van der Waals surface area contributed by atoms with Crippen molar-refractivity contribution in [2.75, 3.05) is 5.32 Å². The van der Waals surface area contributed by atoms with Gasteiger partial charge in [-0.25, -0.2) is 0 Å². The van der Waals surface area contributed by atoms with Crippen molar-refractivity contribution in [2.45, 2.75) is 13.1 Å². The molecular weight excluding hydrogens is 332 g/mol. The molecule has 1 aromatic heterocycles. The Labute approximate surface area is 150 Å². The highest BCUT2D eigenvalue weighted by Crippen LogP contribution is 2.14. The van der Waals surface area contributed by atoms with Gasteiger partial charge in [0, 0.05) is 11.3 Å². The zero-order valence-corrected chi connectivity index (χ0v) is 14.5. The molecule has 0 bridgehead atoms. The lowest BCUT2D eigenvalue weighted by atomic mass is 10.1. The molecule has 0 aliphatic carbocycles. The third-order valence-corrected chi connectivity index (χ3v) is 4.57. The van der Waals surface area contributed by atoms with E-state index in [1.54, 1.807) is 36.4 Å². The van der Waals surface area contributed by atoms with E-state index in [2.05, 4.69) is 10.6 Å². The maximum Gasteiger partial charge on any atom is 0.263 e. The quantitative estimate of drug-likeness (QED) is 0.520. The van der Waals surface area contributed by atoms with Crippen molar-refractivity contribution in [2.24, 2.45) is 0 Å².